The first-order chi connectivity index (χ1) is 8.02. The normalized spacial score (nSPS) is 10.2. The zero-order valence-electron chi connectivity index (χ0n) is 9.63. The molecule has 0 bridgehead atoms. The zero-order chi connectivity index (χ0) is 12.8. The van der Waals surface area contributed by atoms with Crippen LogP contribution in [0.5, 0.6) is 0 Å². The molecule has 98 valence electrons. The Balaban J connectivity index is 0.00000289. The number of carbonyl (C=O) groups excluding carboxylic acids is 1. The van der Waals surface area contributed by atoms with E-state index in [0.717, 1.165) is 0 Å². The molecule has 0 atom stereocenters. The molecule has 0 radical (unpaired) electrons. The van der Waals surface area contributed by atoms with Crippen LogP contribution in [-0.4, -0.2) is 25.0 Å². The molecule has 0 spiro atoms. The summed E-state index contributed by atoms with van der Waals surface area (Å²) in [6.45, 7) is 0. The van der Waals surface area contributed by atoms with E-state index >= 15 is 0 Å². The number of methoxy groups -OCH3 is 1. The van der Waals surface area contributed by atoms with Gasteiger partial charge in [0.2, 0.25) is 5.96 Å². The van der Waals surface area contributed by atoms with E-state index in [1.54, 1.807) is 18.2 Å². The van der Waals surface area contributed by atoms with E-state index in [0.29, 0.717) is 11.3 Å². The highest BCUT2D eigenvalue weighted by molar-refractivity contribution is 5.94. The Kier molecular flexibility index (Phi) is 6.22. The molecule has 0 saturated carbocycles. The highest BCUT2D eigenvalue weighted by Crippen LogP contribution is 2.14. The fourth-order valence-corrected chi connectivity index (χ4v) is 1.11. The second kappa shape index (κ2) is 7.13. The van der Waals surface area contributed by atoms with Crippen LogP contribution in [0, 0.1) is 0 Å². The molecule has 0 aromatic heterocycles. The van der Waals surface area contributed by atoms with Crippen molar-refractivity contribution in [3.63, 3.8) is 0 Å². The molecule has 8 heteroatoms. The van der Waals surface area contributed by atoms with Gasteiger partial charge in [-0.1, -0.05) is 6.07 Å². The number of esters is 1. The summed E-state index contributed by atoms with van der Waals surface area (Å²) in [7, 11) is 1.30. The maximum atomic E-state index is 11.3. The van der Waals surface area contributed by atoms with Gasteiger partial charge in [-0.2, -0.15) is 4.99 Å². The number of rotatable bonds is 2. The predicted octanol–water partition coefficient (Wildman–Crippen LogP) is -3.30. The van der Waals surface area contributed by atoms with Gasteiger partial charge in [0.25, 0.3) is 0 Å². The molecule has 0 saturated heterocycles. The summed E-state index contributed by atoms with van der Waals surface area (Å²) >= 11 is 0. The minimum absolute atomic E-state index is 0. The van der Waals surface area contributed by atoms with Gasteiger partial charge in [-0.15, -0.1) is 0 Å². The van der Waals surface area contributed by atoms with Crippen LogP contribution >= 0.6 is 0 Å². The Labute approximate surface area is 110 Å². The van der Waals surface area contributed by atoms with Gasteiger partial charge in [0.05, 0.1) is 18.4 Å². The van der Waals surface area contributed by atoms with E-state index in [1.807, 2.05) is 0 Å². The molecule has 0 aliphatic rings. The average Bonchev–Trinajstić information content (AvgIpc) is 2.27. The monoisotopic (exact) mass is 270 g/mol. The number of halogens is 1. The summed E-state index contributed by atoms with van der Waals surface area (Å²) in [5.41, 5.74) is 16.6. The van der Waals surface area contributed by atoms with Gasteiger partial charge in [0.15, 0.2) is 5.96 Å². The number of benzene rings is 1. The molecule has 0 heterocycles. The molecule has 1 rings (SSSR count). The lowest BCUT2D eigenvalue weighted by atomic mass is 10.2. The third-order valence-electron chi connectivity index (χ3n) is 1.75. The SMILES string of the molecule is COC(=O)c1cccc(N=C(N)N=C(N)N)c1.[Cl-]. The Morgan fingerprint density at radius 2 is 1.94 bits per heavy atom. The summed E-state index contributed by atoms with van der Waals surface area (Å²) in [5, 5.41) is 0. The summed E-state index contributed by atoms with van der Waals surface area (Å²) < 4.78 is 4.57. The lowest BCUT2D eigenvalue weighted by Gasteiger charge is -2.00. The van der Waals surface area contributed by atoms with E-state index in [1.165, 1.54) is 13.2 Å². The standard InChI is InChI=1S/C10H13N5O2.ClH/c1-17-8(16)6-3-2-4-7(5-6)14-10(13)15-9(11)12;/h2-5H,1H3,(H6,11,12,13,14,15);1H/p-1. The summed E-state index contributed by atoms with van der Waals surface area (Å²) in [5.74, 6) is -0.732. The molecule has 0 unspecified atom stereocenters. The van der Waals surface area contributed by atoms with Gasteiger partial charge >= 0.3 is 5.97 Å². The van der Waals surface area contributed by atoms with E-state index in [-0.39, 0.29) is 24.3 Å². The van der Waals surface area contributed by atoms with Crippen molar-refractivity contribution in [2.75, 3.05) is 7.11 Å². The quantitative estimate of drug-likeness (QED) is 0.294. The molecule has 1 aromatic rings. The lowest BCUT2D eigenvalue weighted by Crippen LogP contribution is -3.00. The molecule has 6 N–H and O–H groups in total. The molecule has 0 aliphatic heterocycles. The molecule has 0 aliphatic carbocycles. The molecular weight excluding hydrogens is 258 g/mol. The van der Waals surface area contributed by atoms with Crippen LogP contribution < -0.4 is 29.6 Å². The van der Waals surface area contributed by atoms with Gasteiger partial charge < -0.3 is 34.3 Å². The van der Waals surface area contributed by atoms with Crippen molar-refractivity contribution in [1.29, 1.82) is 0 Å². The minimum Gasteiger partial charge on any atom is -1.00 e. The fraction of sp³-hybridized carbons (Fsp3) is 0.100. The number of nitrogens with zero attached hydrogens (tertiary/aromatic N) is 2. The molecule has 0 amide bonds. The Morgan fingerprint density at radius 3 is 2.50 bits per heavy atom. The summed E-state index contributed by atoms with van der Waals surface area (Å²) in [6.07, 6.45) is 0. The van der Waals surface area contributed by atoms with Gasteiger partial charge in [0.1, 0.15) is 0 Å². The van der Waals surface area contributed by atoms with Gasteiger partial charge in [-0.05, 0) is 18.2 Å². The van der Waals surface area contributed by atoms with Crippen molar-refractivity contribution in [3.05, 3.63) is 29.8 Å². The maximum absolute atomic E-state index is 11.3. The smallest absolute Gasteiger partial charge is 0.337 e. The summed E-state index contributed by atoms with van der Waals surface area (Å²) in [4.78, 5) is 18.7. The minimum atomic E-state index is -0.456. The predicted molar refractivity (Wildman–Crippen MR) is 64.9 cm³/mol. The molecule has 7 nitrogen and oxygen atoms in total. The van der Waals surface area contributed by atoms with Crippen LogP contribution in [0.2, 0.25) is 0 Å². The first kappa shape index (κ1) is 15.7. The lowest BCUT2D eigenvalue weighted by molar-refractivity contribution is -0.0000186. The van der Waals surface area contributed by atoms with Crippen LogP contribution in [0.4, 0.5) is 5.69 Å². The second-order valence-electron chi connectivity index (χ2n) is 3.05. The molecular formula is C10H13ClN5O2-. The Morgan fingerprint density at radius 1 is 1.28 bits per heavy atom. The van der Waals surface area contributed by atoms with E-state index in [2.05, 4.69) is 14.7 Å². The van der Waals surface area contributed by atoms with Crippen molar-refractivity contribution < 1.29 is 21.9 Å². The molecule has 18 heavy (non-hydrogen) atoms. The van der Waals surface area contributed by atoms with Crippen LogP contribution in [0.3, 0.4) is 0 Å². The first-order valence-corrected chi connectivity index (χ1v) is 4.65. The fourth-order valence-electron chi connectivity index (χ4n) is 1.11. The molecule has 1 aromatic carbocycles. The third kappa shape index (κ3) is 4.71. The van der Waals surface area contributed by atoms with E-state index < -0.39 is 5.97 Å². The van der Waals surface area contributed by atoms with Gasteiger partial charge in [-0.3, -0.25) is 0 Å². The van der Waals surface area contributed by atoms with Crippen LogP contribution in [0.1, 0.15) is 10.4 Å². The van der Waals surface area contributed by atoms with Crippen molar-refractivity contribution in [1.82, 2.24) is 0 Å². The van der Waals surface area contributed by atoms with Crippen molar-refractivity contribution in [2.45, 2.75) is 0 Å². The zero-order valence-corrected chi connectivity index (χ0v) is 10.4. The largest absolute Gasteiger partial charge is 1.00 e. The van der Waals surface area contributed by atoms with Crippen molar-refractivity contribution in [3.8, 4) is 0 Å². The third-order valence-corrected chi connectivity index (χ3v) is 1.75. The van der Waals surface area contributed by atoms with Crippen LogP contribution in [0.25, 0.3) is 0 Å². The van der Waals surface area contributed by atoms with Crippen molar-refractivity contribution >= 4 is 23.6 Å². The average molecular weight is 271 g/mol. The van der Waals surface area contributed by atoms with Crippen LogP contribution in [-0.2, 0) is 4.74 Å². The first-order valence-electron chi connectivity index (χ1n) is 4.65. The van der Waals surface area contributed by atoms with Gasteiger partial charge in [-0.25, -0.2) is 9.79 Å². The topological polar surface area (TPSA) is 129 Å². The number of ether oxygens (including phenoxy) is 1. The highest BCUT2D eigenvalue weighted by Gasteiger charge is 2.05. The number of aliphatic imine (C=N–C) groups is 2. The maximum Gasteiger partial charge on any atom is 0.337 e. The Hall–Kier alpha value is -2.28. The van der Waals surface area contributed by atoms with Crippen LogP contribution in [0.15, 0.2) is 34.3 Å². The summed E-state index contributed by atoms with van der Waals surface area (Å²) in [6, 6.07) is 6.41. The van der Waals surface area contributed by atoms with E-state index in [9.17, 15) is 4.79 Å². The van der Waals surface area contributed by atoms with Gasteiger partial charge in [0, 0.05) is 0 Å². The molecule has 0 fully saturated rings. The number of carbonyl (C=O) groups is 1. The number of hydrogen-bond donors (Lipinski definition) is 3. The van der Waals surface area contributed by atoms with E-state index in [4.69, 9.17) is 17.2 Å². The van der Waals surface area contributed by atoms with Crippen molar-refractivity contribution in [2.24, 2.45) is 27.2 Å². The number of hydrogen-bond acceptors (Lipinski definition) is 3. The Bertz CT molecular complexity index is 483. The number of nitrogens with two attached hydrogens (primary N) is 3. The number of guanidine groups is 2. The highest BCUT2D eigenvalue weighted by atomic mass is 35.5. The second-order valence-corrected chi connectivity index (χ2v) is 3.05.